The maximum Gasteiger partial charge on any atom is 0.296 e. The summed E-state index contributed by atoms with van der Waals surface area (Å²) in [6, 6.07) is 8.78. The molecule has 3 aliphatic rings. The van der Waals surface area contributed by atoms with Gasteiger partial charge in [0, 0.05) is 44.7 Å². The Labute approximate surface area is 238 Å². The number of hydrogen-bond donors (Lipinski definition) is 1. The van der Waals surface area contributed by atoms with Gasteiger partial charge in [-0.15, -0.1) is 0 Å². The lowest BCUT2D eigenvalue weighted by molar-refractivity contribution is -0.130. The van der Waals surface area contributed by atoms with E-state index in [9.17, 15) is 13.6 Å². The predicted molar refractivity (Wildman–Crippen MR) is 153 cm³/mol. The largest absolute Gasteiger partial charge is 0.378 e. The number of alkyl halides is 2. The van der Waals surface area contributed by atoms with E-state index in [4.69, 9.17) is 14.7 Å². The Bertz CT molecular complexity index is 1340. The van der Waals surface area contributed by atoms with Crippen molar-refractivity contribution in [3.63, 3.8) is 0 Å². The van der Waals surface area contributed by atoms with E-state index in [-0.39, 0.29) is 17.8 Å². The highest BCUT2D eigenvalue weighted by molar-refractivity contribution is 5.78. The first-order chi connectivity index (χ1) is 20.0. The molecule has 1 amide bonds. The highest BCUT2D eigenvalue weighted by Gasteiger charge is 2.28. The zero-order valence-electron chi connectivity index (χ0n) is 23.4. The number of piperidine rings is 1. The lowest BCUT2D eigenvalue weighted by Gasteiger charge is -2.28. The quantitative estimate of drug-likeness (QED) is 0.416. The van der Waals surface area contributed by atoms with Crippen molar-refractivity contribution in [2.45, 2.75) is 51.0 Å². The van der Waals surface area contributed by atoms with Gasteiger partial charge >= 0.3 is 0 Å². The Morgan fingerprint density at radius 3 is 2.63 bits per heavy atom. The third-order valence-corrected chi connectivity index (χ3v) is 8.21. The lowest BCUT2D eigenvalue weighted by Crippen LogP contribution is -2.37. The molecule has 3 aromatic rings. The van der Waals surface area contributed by atoms with Crippen LogP contribution in [0.5, 0.6) is 0 Å². The SMILES string of the molecule is O=C(CCCN1CCCCC1)N1CC[C@H](Nc2cc(-n3c(C(F)F)nc4ccccc43)nc(N3CCOCC3)n2)C1. The Kier molecular flexibility index (Phi) is 8.56. The number of fused-ring (bicyclic) bond motifs is 1. The van der Waals surface area contributed by atoms with Gasteiger partial charge in [0.05, 0.1) is 24.2 Å². The highest BCUT2D eigenvalue weighted by atomic mass is 19.3. The number of benzene rings is 1. The van der Waals surface area contributed by atoms with Gasteiger partial charge in [0.1, 0.15) is 11.6 Å². The van der Waals surface area contributed by atoms with Gasteiger partial charge in [-0.05, 0) is 57.5 Å². The molecule has 0 saturated carbocycles. The van der Waals surface area contributed by atoms with Gasteiger partial charge in [-0.1, -0.05) is 18.6 Å². The maximum absolute atomic E-state index is 14.1. The molecule has 1 aromatic carbocycles. The lowest BCUT2D eigenvalue weighted by atomic mass is 10.1. The smallest absolute Gasteiger partial charge is 0.296 e. The number of hydrogen-bond acceptors (Lipinski definition) is 8. The fourth-order valence-corrected chi connectivity index (χ4v) is 6.06. The van der Waals surface area contributed by atoms with Crippen LogP contribution in [-0.2, 0) is 9.53 Å². The topological polar surface area (TPSA) is 91.7 Å². The van der Waals surface area contributed by atoms with Crippen molar-refractivity contribution >= 4 is 28.7 Å². The molecule has 12 heteroatoms. The van der Waals surface area contributed by atoms with Crippen LogP contribution in [0.4, 0.5) is 20.5 Å². The molecule has 3 aliphatic heterocycles. The predicted octanol–water partition coefficient (Wildman–Crippen LogP) is 3.87. The molecule has 3 saturated heterocycles. The van der Waals surface area contributed by atoms with Crippen LogP contribution in [0.3, 0.4) is 0 Å². The number of aromatic nitrogens is 4. The van der Waals surface area contributed by atoms with E-state index in [1.807, 2.05) is 9.80 Å². The minimum Gasteiger partial charge on any atom is -0.378 e. The zero-order valence-corrected chi connectivity index (χ0v) is 23.4. The van der Waals surface area contributed by atoms with E-state index >= 15 is 0 Å². The first kappa shape index (κ1) is 27.8. The summed E-state index contributed by atoms with van der Waals surface area (Å²) in [6.07, 6.45) is 3.29. The fraction of sp³-hybridized carbons (Fsp3) is 0.586. The average Bonchev–Trinajstić information content (AvgIpc) is 3.63. The van der Waals surface area contributed by atoms with Gasteiger partial charge in [0.2, 0.25) is 11.9 Å². The molecule has 6 rings (SSSR count). The molecule has 10 nitrogen and oxygen atoms in total. The number of carbonyl (C=O) groups is 1. The second-order valence-corrected chi connectivity index (χ2v) is 11.1. The van der Waals surface area contributed by atoms with Crippen molar-refractivity contribution in [1.29, 1.82) is 0 Å². The van der Waals surface area contributed by atoms with Gasteiger partial charge in [-0.25, -0.2) is 13.8 Å². The molecule has 3 fully saturated rings. The Morgan fingerprint density at radius 2 is 1.83 bits per heavy atom. The van der Waals surface area contributed by atoms with Gasteiger partial charge < -0.3 is 24.8 Å². The van der Waals surface area contributed by atoms with E-state index in [0.29, 0.717) is 74.4 Å². The Hall–Kier alpha value is -3.38. The van der Waals surface area contributed by atoms with Crippen molar-refractivity contribution < 1.29 is 18.3 Å². The molecule has 0 bridgehead atoms. The number of halogens is 2. The summed E-state index contributed by atoms with van der Waals surface area (Å²) in [5, 5.41) is 3.48. The number of imidazole rings is 1. The van der Waals surface area contributed by atoms with Crippen molar-refractivity contribution in [1.82, 2.24) is 29.3 Å². The summed E-state index contributed by atoms with van der Waals surface area (Å²) in [4.78, 5) is 33.0. The van der Waals surface area contributed by atoms with E-state index < -0.39 is 6.43 Å². The molecule has 1 atom stereocenters. The number of likely N-dealkylation sites (tertiary alicyclic amines) is 2. The molecule has 0 radical (unpaired) electrons. The van der Waals surface area contributed by atoms with Crippen LogP contribution in [0.1, 0.15) is 50.8 Å². The number of nitrogens with one attached hydrogen (secondary N) is 1. The number of para-hydroxylation sites is 2. The average molecular weight is 569 g/mol. The van der Waals surface area contributed by atoms with E-state index in [0.717, 1.165) is 32.5 Å². The number of nitrogens with zero attached hydrogens (tertiary/aromatic N) is 7. The third-order valence-electron chi connectivity index (χ3n) is 8.21. The first-order valence-corrected chi connectivity index (χ1v) is 14.8. The van der Waals surface area contributed by atoms with Crippen LogP contribution < -0.4 is 10.2 Å². The molecule has 220 valence electrons. The summed E-state index contributed by atoms with van der Waals surface area (Å²) in [5.41, 5.74) is 1.04. The van der Waals surface area contributed by atoms with Crippen molar-refractivity contribution in [3.8, 4) is 5.82 Å². The molecule has 2 aromatic heterocycles. The molecule has 0 aliphatic carbocycles. The molecule has 1 N–H and O–H groups in total. The number of rotatable bonds is 9. The Morgan fingerprint density at radius 1 is 1.02 bits per heavy atom. The van der Waals surface area contributed by atoms with E-state index in [2.05, 4.69) is 15.2 Å². The third kappa shape index (κ3) is 6.43. The van der Waals surface area contributed by atoms with Gasteiger partial charge in [-0.3, -0.25) is 9.36 Å². The summed E-state index contributed by atoms with van der Waals surface area (Å²) in [6.45, 7) is 6.86. The number of morpholine rings is 1. The molecule has 0 spiro atoms. The van der Waals surface area contributed by atoms with Crippen molar-refractivity contribution in [2.75, 3.05) is 69.2 Å². The van der Waals surface area contributed by atoms with Gasteiger partial charge in [-0.2, -0.15) is 9.97 Å². The van der Waals surface area contributed by atoms with Crippen LogP contribution in [0.25, 0.3) is 16.9 Å². The summed E-state index contributed by atoms with van der Waals surface area (Å²) in [7, 11) is 0. The normalized spacial score (nSPS) is 20.3. The fourth-order valence-electron chi connectivity index (χ4n) is 6.06. The molecular weight excluding hydrogens is 530 g/mol. The second kappa shape index (κ2) is 12.6. The number of carbonyl (C=O) groups excluding carboxylic acids is 1. The highest BCUT2D eigenvalue weighted by Crippen LogP contribution is 2.29. The standard InChI is InChI=1S/C29H38F2N8O2/c30-27(31)28-33-22-7-2-3-8-23(22)39(28)25-19-24(34-29(35-25)37-15-17-41-18-16-37)32-21-10-14-38(20-21)26(40)9-6-13-36-11-4-1-5-12-36/h2-3,7-8,19,21,27H,1,4-6,9-18,20H2,(H,32,34,35)/t21-/m0/s1. The Balaban J connectivity index is 1.19. The summed E-state index contributed by atoms with van der Waals surface area (Å²) in [5.74, 6) is 1.16. The summed E-state index contributed by atoms with van der Waals surface area (Å²) < 4.78 is 35.2. The van der Waals surface area contributed by atoms with Crippen molar-refractivity contribution in [2.24, 2.45) is 0 Å². The monoisotopic (exact) mass is 568 g/mol. The van der Waals surface area contributed by atoms with Gasteiger partial charge in [0.25, 0.3) is 6.43 Å². The molecule has 41 heavy (non-hydrogen) atoms. The maximum atomic E-state index is 14.1. The zero-order chi connectivity index (χ0) is 28.2. The van der Waals surface area contributed by atoms with E-state index in [1.54, 1.807) is 30.3 Å². The van der Waals surface area contributed by atoms with Crippen molar-refractivity contribution in [3.05, 3.63) is 36.2 Å². The van der Waals surface area contributed by atoms with Crippen LogP contribution in [-0.4, -0.2) is 100 Å². The van der Waals surface area contributed by atoms with Crippen LogP contribution in [0.15, 0.2) is 30.3 Å². The minimum atomic E-state index is -2.77. The van der Waals surface area contributed by atoms with Crippen LogP contribution >= 0.6 is 0 Å². The first-order valence-electron chi connectivity index (χ1n) is 14.8. The summed E-state index contributed by atoms with van der Waals surface area (Å²) >= 11 is 0. The van der Waals surface area contributed by atoms with Crippen LogP contribution in [0, 0.1) is 0 Å². The second-order valence-electron chi connectivity index (χ2n) is 11.1. The number of amides is 1. The molecule has 5 heterocycles. The van der Waals surface area contributed by atoms with Crippen LogP contribution in [0.2, 0.25) is 0 Å². The number of anilines is 2. The minimum absolute atomic E-state index is 0.00966. The molecule has 0 unspecified atom stereocenters. The number of ether oxygens (including phenoxy) is 1. The molecular formula is C29H38F2N8O2. The van der Waals surface area contributed by atoms with E-state index in [1.165, 1.54) is 23.8 Å². The van der Waals surface area contributed by atoms with Gasteiger partial charge in [0.15, 0.2) is 5.82 Å².